The molecule has 5 nitrogen and oxygen atoms in total. The summed E-state index contributed by atoms with van der Waals surface area (Å²) in [5.74, 6) is -0.913. The van der Waals surface area contributed by atoms with E-state index in [0.717, 1.165) is 6.42 Å². The Balaban J connectivity index is 2.46. The molecule has 1 rings (SSSR count). The Morgan fingerprint density at radius 3 is 2.47 bits per heavy atom. The Morgan fingerprint density at radius 1 is 1.32 bits per heavy atom. The Labute approximate surface area is 111 Å². The van der Waals surface area contributed by atoms with Gasteiger partial charge in [-0.15, -0.1) is 0 Å². The molecule has 0 aliphatic heterocycles. The van der Waals surface area contributed by atoms with Crippen LogP contribution in [0.15, 0.2) is 24.3 Å². The zero-order valence-corrected chi connectivity index (χ0v) is 11.0. The second-order valence-electron chi connectivity index (χ2n) is 4.19. The molecule has 1 N–H and O–H groups in total. The first-order chi connectivity index (χ1) is 9.06. The number of amides is 1. The molecule has 102 valence electrons. The van der Waals surface area contributed by atoms with Crippen molar-refractivity contribution >= 4 is 18.2 Å². The summed E-state index contributed by atoms with van der Waals surface area (Å²) in [5, 5.41) is 2.69. The van der Waals surface area contributed by atoms with Gasteiger partial charge in [-0.3, -0.25) is 9.59 Å². The van der Waals surface area contributed by atoms with Crippen LogP contribution in [-0.2, 0) is 9.53 Å². The zero-order valence-electron chi connectivity index (χ0n) is 11.0. The monoisotopic (exact) mass is 263 g/mol. The SMILES string of the molecule is CC[C@@H](C)NC(=O)COC(=O)c1ccc(C=O)cc1. The number of hydrogen-bond donors (Lipinski definition) is 1. The normalized spacial score (nSPS) is 11.5. The highest BCUT2D eigenvalue weighted by atomic mass is 16.5. The number of benzene rings is 1. The first-order valence-electron chi connectivity index (χ1n) is 6.08. The van der Waals surface area contributed by atoms with Crippen LogP contribution in [-0.4, -0.2) is 30.8 Å². The minimum atomic E-state index is -0.586. The molecule has 0 radical (unpaired) electrons. The molecule has 0 bridgehead atoms. The first-order valence-corrected chi connectivity index (χ1v) is 6.08. The lowest BCUT2D eigenvalue weighted by Gasteiger charge is -2.11. The number of ether oxygens (including phenoxy) is 1. The topological polar surface area (TPSA) is 72.5 Å². The van der Waals surface area contributed by atoms with Crippen LogP contribution >= 0.6 is 0 Å². The maximum Gasteiger partial charge on any atom is 0.338 e. The summed E-state index contributed by atoms with van der Waals surface area (Å²) in [6.45, 7) is 3.52. The second-order valence-corrected chi connectivity index (χ2v) is 4.19. The van der Waals surface area contributed by atoms with Crippen LogP contribution in [0.2, 0.25) is 0 Å². The Kier molecular flexibility index (Phi) is 5.73. The Bertz CT molecular complexity index is 453. The minimum absolute atomic E-state index is 0.0538. The first kappa shape index (κ1) is 14.9. The lowest BCUT2D eigenvalue weighted by Crippen LogP contribution is -2.35. The van der Waals surface area contributed by atoms with Crippen LogP contribution in [0.4, 0.5) is 0 Å². The van der Waals surface area contributed by atoms with Crippen LogP contribution in [0.1, 0.15) is 41.0 Å². The zero-order chi connectivity index (χ0) is 14.3. The molecule has 1 amide bonds. The number of nitrogens with one attached hydrogen (secondary N) is 1. The van der Waals surface area contributed by atoms with E-state index in [1.165, 1.54) is 24.3 Å². The summed E-state index contributed by atoms with van der Waals surface area (Å²) >= 11 is 0. The third kappa shape index (κ3) is 4.91. The van der Waals surface area contributed by atoms with E-state index >= 15 is 0 Å². The molecule has 1 aromatic carbocycles. The van der Waals surface area contributed by atoms with Crippen LogP contribution in [0, 0.1) is 0 Å². The predicted octanol–water partition coefficient (Wildman–Crippen LogP) is 1.57. The molecule has 5 heteroatoms. The van der Waals surface area contributed by atoms with Gasteiger partial charge in [0.2, 0.25) is 0 Å². The van der Waals surface area contributed by atoms with Crippen LogP contribution in [0.3, 0.4) is 0 Å². The van der Waals surface area contributed by atoms with Gasteiger partial charge in [0.25, 0.3) is 5.91 Å². The fraction of sp³-hybridized carbons (Fsp3) is 0.357. The van der Waals surface area contributed by atoms with Crippen LogP contribution in [0.5, 0.6) is 0 Å². The second kappa shape index (κ2) is 7.31. The third-order valence-electron chi connectivity index (χ3n) is 2.64. The minimum Gasteiger partial charge on any atom is -0.452 e. The van der Waals surface area contributed by atoms with E-state index in [-0.39, 0.29) is 18.6 Å². The fourth-order valence-corrected chi connectivity index (χ4v) is 1.33. The van der Waals surface area contributed by atoms with Crippen molar-refractivity contribution in [3.8, 4) is 0 Å². The summed E-state index contributed by atoms with van der Waals surface area (Å²) in [5.41, 5.74) is 0.785. The molecular formula is C14H17NO4. The maximum atomic E-state index is 11.6. The predicted molar refractivity (Wildman–Crippen MR) is 70.0 cm³/mol. The van der Waals surface area contributed by atoms with Crippen molar-refractivity contribution in [1.29, 1.82) is 0 Å². The number of aldehydes is 1. The molecule has 1 aromatic rings. The number of carbonyl (C=O) groups is 3. The van der Waals surface area contributed by atoms with E-state index < -0.39 is 5.97 Å². The number of carbonyl (C=O) groups excluding carboxylic acids is 3. The molecule has 0 fully saturated rings. The van der Waals surface area contributed by atoms with Crippen molar-refractivity contribution in [3.05, 3.63) is 35.4 Å². The summed E-state index contributed by atoms with van der Waals surface area (Å²) in [6.07, 6.45) is 1.50. The molecule has 0 spiro atoms. The average Bonchev–Trinajstić information content (AvgIpc) is 2.44. The van der Waals surface area contributed by atoms with Gasteiger partial charge in [-0.05, 0) is 25.5 Å². The fourth-order valence-electron chi connectivity index (χ4n) is 1.33. The van der Waals surface area contributed by atoms with Gasteiger partial charge in [0, 0.05) is 11.6 Å². The standard InChI is InChI=1S/C14H17NO4/c1-3-10(2)15-13(17)9-19-14(18)12-6-4-11(8-16)5-7-12/h4-8,10H,3,9H2,1-2H3,(H,15,17)/t10-/m1/s1. The largest absolute Gasteiger partial charge is 0.452 e. The molecule has 0 heterocycles. The molecular weight excluding hydrogens is 246 g/mol. The third-order valence-corrected chi connectivity index (χ3v) is 2.64. The summed E-state index contributed by atoms with van der Waals surface area (Å²) in [6, 6.07) is 6.06. The Morgan fingerprint density at radius 2 is 1.95 bits per heavy atom. The quantitative estimate of drug-likeness (QED) is 0.624. The van der Waals surface area contributed by atoms with Crippen molar-refractivity contribution in [1.82, 2.24) is 5.32 Å². The number of esters is 1. The van der Waals surface area contributed by atoms with Gasteiger partial charge in [-0.25, -0.2) is 4.79 Å². The van der Waals surface area contributed by atoms with Crippen molar-refractivity contribution in [3.63, 3.8) is 0 Å². The smallest absolute Gasteiger partial charge is 0.338 e. The van der Waals surface area contributed by atoms with E-state index in [2.05, 4.69) is 5.32 Å². The van der Waals surface area contributed by atoms with Crippen molar-refractivity contribution in [2.24, 2.45) is 0 Å². The lowest BCUT2D eigenvalue weighted by molar-refractivity contribution is -0.124. The van der Waals surface area contributed by atoms with Crippen molar-refractivity contribution < 1.29 is 19.1 Å². The van der Waals surface area contributed by atoms with E-state index in [1.54, 1.807) is 0 Å². The average molecular weight is 263 g/mol. The number of hydrogen-bond acceptors (Lipinski definition) is 4. The highest BCUT2D eigenvalue weighted by Crippen LogP contribution is 2.04. The highest BCUT2D eigenvalue weighted by Gasteiger charge is 2.11. The Hall–Kier alpha value is -2.17. The molecule has 19 heavy (non-hydrogen) atoms. The molecule has 0 unspecified atom stereocenters. The molecule has 0 aliphatic rings. The molecule has 0 aromatic heterocycles. The summed E-state index contributed by atoms with van der Waals surface area (Å²) < 4.78 is 4.87. The van der Waals surface area contributed by atoms with Gasteiger partial charge in [0.1, 0.15) is 6.29 Å². The van der Waals surface area contributed by atoms with Gasteiger partial charge in [0.15, 0.2) is 6.61 Å². The molecule has 0 aliphatic carbocycles. The van der Waals surface area contributed by atoms with E-state index in [0.29, 0.717) is 17.4 Å². The highest BCUT2D eigenvalue weighted by molar-refractivity contribution is 5.92. The van der Waals surface area contributed by atoms with Crippen LogP contribution < -0.4 is 5.32 Å². The van der Waals surface area contributed by atoms with E-state index in [9.17, 15) is 14.4 Å². The summed E-state index contributed by atoms with van der Waals surface area (Å²) in [7, 11) is 0. The number of rotatable bonds is 6. The van der Waals surface area contributed by atoms with Crippen molar-refractivity contribution in [2.75, 3.05) is 6.61 Å². The maximum absolute atomic E-state index is 11.6. The molecule has 1 atom stereocenters. The van der Waals surface area contributed by atoms with Gasteiger partial charge in [0.05, 0.1) is 5.56 Å². The molecule has 0 saturated carbocycles. The summed E-state index contributed by atoms with van der Waals surface area (Å²) in [4.78, 5) is 33.5. The van der Waals surface area contributed by atoms with Crippen molar-refractivity contribution in [2.45, 2.75) is 26.3 Å². The van der Waals surface area contributed by atoms with E-state index in [1.807, 2.05) is 13.8 Å². The lowest BCUT2D eigenvalue weighted by atomic mass is 10.1. The van der Waals surface area contributed by atoms with Crippen LogP contribution in [0.25, 0.3) is 0 Å². The van der Waals surface area contributed by atoms with Gasteiger partial charge in [-0.2, -0.15) is 0 Å². The van der Waals surface area contributed by atoms with Gasteiger partial charge < -0.3 is 10.1 Å². The van der Waals surface area contributed by atoms with E-state index in [4.69, 9.17) is 4.74 Å². The van der Waals surface area contributed by atoms with Gasteiger partial charge in [-0.1, -0.05) is 19.1 Å². The molecule has 0 saturated heterocycles. The van der Waals surface area contributed by atoms with Gasteiger partial charge >= 0.3 is 5.97 Å².